The van der Waals surface area contributed by atoms with Gasteiger partial charge in [-0.3, -0.25) is 0 Å². The Morgan fingerprint density at radius 2 is 1.70 bits per heavy atom. The maximum atomic E-state index is 12.6. The molecule has 0 spiro atoms. The van der Waals surface area contributed by atoms with Crippen LogP contribution in [0, 0.1) is 5.41 Å². The predicted molar refractivity (Wildman–Crippen MR) is 81.0 cm³/mol. The van der Waals surface area contributed by atoms with Crippen molar-refractivity contribution in [2.45, 2.75) is 38.1 Å². The van der Waals surface area contributed by atoms with E-state index >= 15 is 0 Å². The lowest BCUT2D eigenvalue weighted by Crippen LogP contribution is -2.41. The maximum Gasteiger partial charge on any atom is 0.243 e. The van der Waals surface area contributed by atoms with Gasteiger partial charge in [0, 0.05) is 19.6 Å². The second-order valence-electron chi connectivity index (χ2n) is 6.24. The second kappa shape index (κ2) is 5.84. The Labute approximate surface area is 122 Å². The van der Waals surface area contributed by atoms with Crippen LogP contribution in [0.5, 0.6) is 0 Å². The lowest BCUT2D eigenvalue weighted by atomic mass is 9.83. The van der Waals surface area contributed by atoms with Crippen LogP contribution in [0.1, 0.15) is 32.3 Å². The largest absolute Gasteiger partial charge is 0.316 e. The average Bonchev–Trinajstić information content (AvgIpc) is 2.39. The van der Waals surface area contributed by atoms with Crippen LogP contribution in [-0.2, 0) is 16.6 Å². The van der Waals surface area contributed by atoms with E-state index in [1.165, 1.54) is 0 Å². The van der Waals surface area contributed by atoms with E-state index in [1.54, 1.807) is 16.4 Å². The molecule has 20 heavy (non-hydrogen) atoms. The third kappa shape index (κ3) is 3.40. The summed E-state index contributed by atoms with van der Waals surface area (Å²) in [6.07, 6.45) is 1.84. The molecule has 1 aromatic carbocycles. The summed E-state index contributed by atoms with van der Waals surface area (Å²) in [7, 11) is -1.46. The lowest BCUT2D eigenvalue weighted by molar-refractivity contribution is 0.196. The summed E-state index contributed by atoms with van der Waals surface area (Å²) < 4.78 is 26.8. The van der Waals surface area contributed by atoms with Crippen molar-refractivity contribution in [2.24, 2.45) is 5.41 Å². The monoisotopic (exact) mass is 296 g/mol. The van der Waals surface area contributed by atoms with Gasteiger partial charge in [-0.25, -0.2) is 8.42 Å². The molecule has 0 radical (unpaired) electrons. The number of hydrogen-bond acceptors (Lipinski definition) is 3. The minimum atomic E-state index is -3.33. The Morgan fingerprint density at radius 3 is 2.20 bits per heavy atom. The van der Waals surface area contributed by atoms with Crippen molar-refractivity contribution in [1.82, 2.24) is 9.62 Å². The van der Waals surface area contributed by atoms with Crippen LogP contribution in [0.2, 0.25) is 0 Å². The summed E-state index contributed by atoms with van der Waals surface area (Å²) in [5, 5.41) is 3.05. The summed E-state index contributed by atoms with van der Waals surface area (Å²) >= 11 is 0. The van der Waals surface area contributed by atoms with Gasteiger partial charge in [-0.15, -0.1) is 0 Å². The fourth-order valence-electron chi connectivity index (χ4n) is 2.46. The molecule has 0 atom stereocenters. The molecule has 1 aliphatic rings. The molecule has 1 fully saturated rings. The van der Waals surface area contributed by atoms with E-state index in [4.69, 9.17) is 0 Å². The zero-order chi connectivity index (χ0) is 14.8. The summed E-state index contributed by atoms with van der Waals surface area (Å²) in [6.45, 7) is 6.38. The molecule has 1 saturated heterocycles. The van der Waals surface area contributed by atoms with Gasteiger partial charge in [0.2, 0.25) is 10.0 Å². The molecule has 0 aliphatic carbocycles. The van der Waals surface area contributed by atoms with Crippen molar-refractivity contribution >= 4 is 10.0 Å². The Balaban J connectivity index is 2.14. The average molecular weight is 296 g/mol. The van der Waals surface area contributed by atoms with Crippen LogP contribution in [0.3, 0.4) is 0 Å². The Kier molecular flexibility index (Phi) is 4.52. The van der Waals surface area contributed by atoms with Gasteiger partial charge in [-0.1, -0.05) is 26.0 Å². The van der Waals surface area contributed by atoms with Gasteiger partial charge in [0.1, 0.15) is 0 Å². The third-order valence-electron chi connectivity index (χ3n) is 4.02. The van der Waals surface area contributed by atoms with E-state index in [0.717, 1.165) is 24.9 Å². The van der Waals surface area contributed by atoms with Crippen LogP contribution in [0.25, 0.3) is 0 Å². The van der Waals surface area contributed by atoms with E-state index in [9.17, 15) is 8.42 Å². The number of rotatable bonds is 4. The Bertz CT molecular complexity index is 540. The van der Waals surface area contributed by atoms with Gasteiger partial charge in [-0.2, -0.15) is 4.31 Å². The standard InChI is InChI=1S/C15H24N2O2S/c1-15(2)8-10-17(11-9-15)20(18,19)14-6-4-13(5-7-14)12-16-3/h4-7,16H,8-12H2,1-3H3. The van der Waals surface area contributed by atoms with E-state index in [0.29, 0.717) is 18.0 Å². The molecular formula is C15H24N2O2S. The van der Waals surface area contributed by atoms with Crippen LogP contribution in [0.15, 0.2) is 29.2 Å². The summed E-state index contributed by atoms with van der Waals surface area (Å²) in [5.74, 6) is 0. The van der Waals surface area contributed by atoms with Gasteiger partial charge >= 0.3 is 0 Å². The first-order valence-electron chi connectivity index (χ1n) is 7.09. The molecule has 1 aromatic rings. The fourth-order valence-corrected chi connectivity index (χ4v) is 3.91. The number of benzene rings is 1. The Hall–Kier alpha value is -0.910. The zero-order valence-electron chi connectivity index (χ0n) is 12.5. The summed E-state index contributed by atoms with van der Waals surface area (Å²) in [4.78, 5) is 0.400. The summed E-state index contributed by atoms with van der Waals surface area (Å²) in [6, 6.07) is 7.16. The van der Waals surface area contributed by atoms with Crippen LogP contribution in [0.4, 0.5) is 0 Å². The Morgan fingerprint density at radius 1 is 1.15 bits per heavy atom. The highest BCUT2D eigenvalue weighted by molar-refractivity contribution is 7.89. The van der Waals surface area contributed by atoms with Crippen molar-refractivity contribution in [2.75, 3.05) is 20.1 Å². The fraction of sp³-hybridized carbons (Fsp3) is 0.600. The van der Waals surface area contributed by atoms with E-state index in [-0.39, 0.29) is 5.41 Å². The van der Waals surface area contributed by atoms with E-state index < -0.39 is 10.0 Å². The second-order valence-corrected chi connectivity index (χ2v) is 8.18. The summed E-state index contributed by atoms with van der Waals surface area (Å²) in [5.41, 5.74) is 1.34. The van der Waals surface area contributed by atoms with Crippen LogP contribution in [-0.4, -0.2) is 32.9 Å². The number of sulfonamides is 1. The zero-order valence-corrected chi connectivity index (χ0v) is 13.3. The predicted octanol–water partition coefficient (Wildman–Crippen LogP) is 2.22. The van der Waals surface area contributed by atoms with Crippen molar-refractivity contribution in [3.05, 3.63) is 29.8 Å². The molecule has 0 aromatic heterocycles. The normalized spacial score (nSPS) is 19.9. The number of nitrogens with zero attached hydrogens (tertiary/aromatic N) is 1. The highest BCUT2D eigenvalue weighted by atomic mass is 32.2. The van der Waals surface area contributed by atoms with Gasteiger partial charge in [-0.05, 0) is 43.0 Å². The molecule has 0 bridgehead atoms. The van der Waals surface area contributed by atoms with Crippen molar-refractivity contribution in [3.8, 4) is 0 Å². The first-order chi connectivity index (χ1) is 9.35. The molecule has 0 amide bonds. The van der Waals surface area contributed by atoms with Crippen molar-refractivity contribution < 1.29 is 8.42 Å². The highest BCUT2D eigenvalue weighted by Gasteiger charge is 2.32. The van der Waals surface area contributed by atoms with Crippen LogP contribution >= 0.6 is 0 Å². The number of piperidine rings is 1. The molecule has 0 unspecified atom stereocenters. The minimum Gasteiger partial charge on any atom is -0.316 e. The maximum absolute atomic E-state index is 12.6. The van der Waals surface area contributed by atoms with Crippen molar-refractivity contribution in [1.29, 1.82) is 0 Å². The van der Waals surface area contributed by atoms with E-state index in [1.807, 2.05) is 19.2 Å². The molecule has 1 heterocycles. The highest BCUT2D eigenvalue weighted by Crippen LogP contribution is 2.32. The smallest absolute Gasteiger partial charge is 0.243 e. The first-order valence-corrected chi connectivity index (χ1v) is 8.53. The molecule has 4 nitrogen and oxygen atoms in total. The minimum absolute atomic E-state index is 0.253. The topological polar surface area (TPSA) is 49.4 Å². The lowest BCUT2D eigenvalue weighted by Gasteiger charge is -2.36. The quantitative estimate of drug-likeness (QED) is 0.927. The van der Waals surface area contributed by atoms with Crippen molar-refractivity contribution in [3.63, 3.8) is 0 Å². The molecule has 1 N–H and O–H groups in total. The number of hydrogen-bond donors (Lipinski definition) is 1. The molecule has 2 rings (SSSR count). The third-order valence-corrected chi connectivity index (χ3v) is 5.93. The molecule has 112 valence electrons. The van der Waals surface area contributed by atoms with Gasteiger partial charge in [0.05, 0.1) is 4.90 Å². The number of nitrogens with one attached hydrogen (secondary N) is 1. The van der Waals surface area contributed by atoms with Gasteiger partial charge < -0.3 is 5.32 Å². The van der Waals surface area contributed by atoms with Crippen LogP contribution < -0.4 is 5.32 Å². The first kappa shape index (κ1) is 15.5. The molecule has 0 saturated carbocycles. The molecule has 5 heteroatoms. The van der Waals surface area contributed by atoms with Gasteiger partial charge in [0.15, 0.2) is 0 Å². The molecule has 1 aliphatic heterocycles. The molecular weight excluding hydrogens is 272 g/mol. The SMILES string of the molecule is CNCc1ccc(S(=O)(=O)N2CCC(C)(C)CC2)cc1. The van der Waals surface area contributed by atoms with E-state index in [2.05, 4.69) is 19.2 Å². The van der Waals surface area contributed by atoms with Gasteiger partial charge in [0.25, 0.3) is 0 Å².